The monoisotopic (exact) mass is 376 g/mol. The van der Waals surface area contributed by atoms with Crippen LogP contribution in [0.5, 0.6) is 0 Å². The highest BCUT2D eigenvalue weighted by Crippen LogP contribution is 2.33. The summed E-state index contributed by atoms with van der Waals surface area (Å²) < 4.78 is 1.26. The van der Waals surface area contributed by atoms with Crippen LogP contribution in [0.1, 0.15) is 6.92 Å². The van der Waals surface area contributed by atoms with Gasteiger partial charge in [-0.05, 0) is 18.4 Å². The van der Waals surface area contributed by atoms with E-state index >= 15 is 0 Å². The van der Waals surface area contributed by atoms with E-state index in [2.05, 4.69) is 15.6 Å². The second-order valence-corrected chi connectivity index (χ2v) is 7.02. The molecule has 3 aromatic heterocycles. The zero-order chi connectivity index (χ0) is 17.8. The van der Waals surface area contributed by atoms with Gasteiger partial charge in [-0.15, -0.1) is 22.7 Å². The molecular weight excluding hydrogens is 360 g/mol. The summed E-state index contributed by atoms with van der Waals surface area (Å²) in [6, 6.07) is 3.87. The molecule has 0 spiro atoms. The maximum Gasteiger partial charge on any atom is 0.263 e. The Bertz CT molecular complexity index is 960. The van der Waals surface area contributed by atoms with Crippen LogP contribution in [-0.2, 0) is 16.1 Å². The SMILES string of the molecule is CCNC(=O)CNC(=O)Cn1cnc2scc(-c3cccs3)c2c1=O. The summed E-state index contributed by atoms with van der Waals surface area (Å²) in [6.07, 6.45) is 1.37. The van der Waals surface area contributed by atoms with Crippen LogP contribution >= 0.6 is 22.7 Å². The van der Waals surface area contributed by atoms with Crippen molar-refractivity contribution in [2.45, 2.75) is 13.5 Å². The summed E-state index contributed by atoms with van der Waals surface area (Å²) in [5.41, 5.74) is 0.576. The molecule has 3 heterocycles. The third kappa shape index (κ3) is 3.77. The van der Waals surface area contributed by atoms with Gasteiger partial charge in [0.15, 0.2) is 0 Å². The highest BCUT2D eigenvalue weighted by atomic mass is 32.1. The molecule has 0 fully saturated rings. The number of rotatable bonds is 6. The molecule has 2 amide bonds. The topological polar surface area (TPSA) is 93.1 Å². The van der Waals surface area contributed by atoms with E-state index in [0.717, 1.165) is 10.4 Å². The van der Waals surface area contributed by atoms with Crippen LogP contribution in [0, 0.1) is 0 Å². The van der Waals surface area contributed by atoms with E-state index in [4.69, 9.17) is 0 Å². The average Bonchev–Trinajstić information content (AvgIpc) is 3.25. The molecule has 0 atom stereocenters. The Hall–Kier alpha value is -2.52. The summed E-state index contributed by atoms with van der Waals surface area (Å²) in [5.74, 6) is -0.683. The molecule has 9 heteroatoms. The van der Waals surface area contributed by atoms with Crippen LogP contribution in [0.4, 0.5) is 0 Å². The van der Waals surface area contributed by atoms with E-state index in [-0.39, 0.29) is 24.6 Å². The number of fused-ring (bicyclic) bond motifs is 1. The first-order valence-corrected chi connectivity index (χ1v) is 9.40. The summed E-state index contributed by atoms with van der Waals surface area (Å²) in [4.78, 5) is 42.0. The van der Waals surface area contributed by atoms with Crippen molar-refractivity contribution in [1.82, 2.24) is 20.2 Å². The van der Waals surface area contributed by atoms with Crippen molar-refractivity contribution >= 4 is 44.7 Å². The molecule has 3 aromatic rings. The number of likely N-dealkylation sites (N-methyl/N-ethyl adjacent to an activating group) is 1. The summed E-state index contributed by atoms with van der Waals surface area (Å²) in [7, 11) is 0. The summed E-state index contributed by atoms with van der Waals surface area (Å²) in [6.45, 7) is 2.00. The Balaban J connectivity index is 1.82. The number of carbonyl (C=O) groups excluding carboxylic acids is 2. The van der Waals surface area contributed by atoms with Gasteiger partial charge in [0.1, 0.15) is 11.4 Å². The quantitative estimate of drug-likeness (QED) is 0.681. The van der Waals surface area contributed by atoms with E-state index < -0.39 is 5.91 Å². The fourth-order valence-electron chi connectivity index (χ4n) is 2.34. The molecule has 0 aromatic carbocycles. The highest BCUT2D eigenvalue weighted by Gasteiger charge is 2.15. The minimum absolute atomic E-state index is 0.115. The molecule has 0 saturated heterocycles. The van der Waals surface area contributed by atoms with Gasteiger partial charge in [0.2, 0.25) is 11.8 Å². The lowest BCUT2D eigenvalue weighted by atomic mass is 10.2. The van der Waals surface area contributed by atoms with Crippen LogP contribution < -0.4 is 16.2 Å². The first kappa shape index (κ1) is 17.3. The first-order chi connectivity index (χ1) is 12.1. The molecule has 130 valence electrons. The number of aromatic nitrogens is 2. The van der Waals surface area contributed by atoms with Gasteiger partial charge in [-0.25, -0.2) is 4.98 Å². The number of hydrogen-bond acceptors (Lipinski definition) is 6. The van der Waals surface area contributed by atoms with Crippen LogP contribution in [0.3, 0.4) is 0 Å². The van der Waals surface area contributed by atoms with E-state index in [1.165, 1.54) is 22.2 Å². The standard InChI is InChI=1S/C16H16N4O3S2/c1-2-17-12(21)6-18-13(22)7-20-9-19-15-14(16(20)23)10(8-25-15)11-4-3-5-24-11/h3-5,8-9H,2,6-7H2,1H3,(H,17,21)(H,18,22). The molecule has 0 aliphatic rings. The fourth-order valence-corrected chi connectivity index (χ4v) is 4.06. The van der Waals surface area contributed by atoms with Gasteiger partial charge >= 0.3 is 0 Å². The number of hydrogen-bond donors (Lipinski definition) is 2. The minimum Gasteiger partial charge on any atom is -0.355 e. The summed E-state index contributed by atoms with van der Waals surface area (Å²) >= 11 is 2.95. The lowest BCUT2D eigenvalue weighted by Crippen LogP contribution is -2.39. The van der Waals surface area contributed by atoms with Gasteiger partial charge in [0, 0.05) is 22.4 Å². The Labute approximate surface area is 151 Å². The van der Waals surface area contributed by atoms with Gasteiger partial charge in [-0.1, -0.05) is 6.07 Å². The van der Waals surface area contributed by atoms with Crippen molar-refractivity contribution in [1.29, 1.82) is 0 Å². The zero-order valence-electron chi connectivity index (χ0n) is 13.4. The smallest absolute Gasteiger partial charge is 0.263 e. The molecule has 7 nitrogen and oxygen atoms in total. The largest absolute Gasteiger partial charge is 0.355 e. The van der Waals surface area contributed by atoms with E-state index in [9.17, 15) is 14.4 Å². The lowest BCUT2D eigenvalue weighted by molar-refractivity contribution is -0.126. The van der Waals surface area contributed by atoms with E-state index in [0.29, 0.717) is 16.8 Å². The van der Waals surface area contributed by atoms with Crippen molar-refractivity contribution in [3.63, 3.8) is 0 Å². The van der Waals surface area contributed by atoms with Gasteiger partial charge in [-0.2, -0.15) is 0 Å². The second-order valence-electron chi connectivity index (χ2n) is 5.21. The lowest BCUT2D eigenvalue weighted by Gasteiger charge is -2.07. The molecule has 0 bridgehead atoms. The Morgan fingerprint density at radius 3 is 2.80 bits per heavy atom. The molecule has 2 N–H and O–H groups in total. The average molecular weight is 376 g/mol. The van der Waals surface area contributed by atoms with E-state index in [1.54, 1.807) is 18.3 Å². The molecular formula is C16H16N4O3S2. The number of nitrogens with zero attached hydrogens (tertiary/aromatic N) is 2. The Kier molecular flexibility index (Phi) is 5.25. The summed E-state index contributed by atoms with van der Waals surface area (Å²) in [5, 5.41) is 9.46. The van der Waals surface area contributed by atoms with Gasteiger partial charge in [-0.3, -0.25) is 19.0 Å². The van der Waals surface area contributed by atoms with Crippen molar-refractivity contribution in [3.05, 3.63) is 39.6 Å². The van der Waals surface area contributed by atoms with Gasteiger partial charge in [0.25, 0.3) is 5.56 Å². The predicted octanol–water partition coefficient (Wildman–Crippen LogP) is 1.44. The molecule has 0 saturated carbocycles. The van der Waals surface area contributed by atoms with Crippen molar-refractivity contribution < 1.29 is 9.59 Å². The minimum atomic E-state index is -0.414. The maximum atomic E-state index is 12.8. The molecule has 0 aliphatic carbocycles. The molecule has 3 rings (SSSR count). The van der Waals surface area contributed by atoms with Crippen LogP contribution in [0.2, 0.25) is 0 Å². The zero-order valence-corrected chi connectivity index (χ0v) is 15.1. The van der Waals surface area contributed by atoms with Crippen molar-refractivity contribution in [2.24, 2.45) is 0 Å². The second kappa shape index (κ2) is 7.58. The van der Waals surface area contributed by atoms with Crippen LogP contribution in [-0.4, -0.2) is 34.5 Å². The van der Waals surface area contributed by atoms with E-state index in [1.807, 2.05) is 22.9 Å². The number of thiophene rings is 2. The van der Waals surface area contributed by atoms with Crippen LogP contribution in [0.25, 0.3) is 20.7 Å². The maximum absolute atomic E-state index is 12.8. The third-order valence-corrected chi connectivity index (χ3v) is 5.27. The van der Waals surface area contributed by atoms with Gasteiger partial charge in [0.05, 0.1) is 18.3 Å². The number of amides is 2. The van der Waals surface area contributed by atoms with Crippen molar-refractivity contribution in [3.8, 4) is 10.4 Å². The highest BCUT2D eigenvalue weighted by molar-refractivity contribution is 7.18. The predicted molar refractivity (Wildman–Crippen MR) is 98.9 cm³/mol. The normalized spacial score (nSPS) is 10.8. The van der Waals surface area contributed by atoms with Crippen molar-refractivity contribution in [2.75, 3.05) is 13.1 Å². The Morgan fingerprint density at radius 1 is 1.24 bits per heavy atom. The molecule has 0 radical (unpaired) electrons. The Morgan fingerprint density at radius 2 is 2.08 bits per heavy atom. The molecule has 25 heavy (non-hydrogen) atoms. The molecule has 0 aliphatic heterocycles. The van der Waals surface area contributed by atoms with Crippen LogP contribution in [0.15, 0.2) is 34.0 Å². The fraction of sp³-hybridized carbons (Fsp3) is 0.250. The van der Waals surface area contributed by atoms with Gasteiger partial charge < -0.3 is 10.6 Å². The first-order valence-electron chi connectivity index (χ1n) is 7.64. The molecule has 0 unspecified atom stereocenters. The third-order valence-electron chi connectivity index (χ3n) is 3.48. The number of nitrogens with one attached hydrogen (secondary N) is 2. The number of carbonyl (C=O) groups is 2.